The smallest absolute Gasteiger partial charge is 0.150 e. The van der Waals surface area contributed by atoms with Crippen LogP contribution in [0.5, 0.6) is 0 Å². The minimum Gasteiger partial charge on any atom is -0.384 e. The number of nitrogens with zero attached hydrogens (tertiary/aromatic N) is 2. The van der Waals surface area contributed by atoms with Crippen LogP contribution in [0.1, 0.15) is 0 Å². The Bertz CT molecular complexity index is 779. The average molecular weight is 367 g/mol. The van der Waals surface area contributed by atoms with E-state index < -0.39 is 5.82 Å². The summed E-state index contributed by atoms with van der Waals surface area (Å²) in [6, 6.07) is 13.8. The van der Waals surface area contributed by atoms with Crippen LogP contribution in [0.2, 0.25) is 5.02 Å². The van der Waals surface area contributed by atoms with Gasteiger partial charge in [0, 0.05) is 16.1 Å². The third kappa shape index (κ3) is 2.66. The largest absolute Gasteiger partial charge is 0.384 e. The molecule has 1 aromatic heterocycles. The van der Waals surface area contributed by atoms with Crippen LogP contribution in [-0.2, 0) is 0 Å². The monoisotopic (exact) mass is 365 g/mol. The van der Waals surface area contributed by atoms with Gasteiger partial charge in [-0.3, -0.25) is 0 Å². The molecule has 21 heavy (non-hydrogen) atoms. The second kappa shape index (κ2) is 5.50. The lowest BCUT2D eigenvalue weighted by molar-refractivity contribution is 0.612. The van der Waals surface area contributed by atoms with Crippen molar-refractivity contribution >= 4 is 33.3 Å². The molecule has 2 N–H and O–H groups in total. The molecule has 6 heteroatoms. The lowest BCUT2D eigenvalue weighted by atomic mass is 10.2. The highest BCUT2D eigenvalue weighted by atomic mass is 79.9. The Morgan fingerprint density at radius 3 is 2.52 bits per heavy atom. The average Bonchev–Trinajstić information content (AvgIpc) is 2.81. The number of para-hydroxylation sites is 1. The summed E-state index contributed by atoms with van der Waals surface area (Å²) in [7, 11) is 0. The zero-order valence-corrected chi connectivity index (χ0v) is 13.1. The molecule has 0 spiro atoms. The summed E-state index contributed by atoms with van der Waals surface area (Å²) in [5.74, 6) is -0.153. The number of hydrogen-bond acceptors (Lipinski definition) is 2. The van der Waals surface area contributed by atoms with E-state index in [0.717, 1.165) is 10.0 Å². The quantitative estimate of drug-likeness (QED) is 0.716. The molecule has 0 aliphatic rings. The molecule has 3 rings (SSSR count). The predicted octanol–water partition coefficient (Wildman–Crippen LogP) is 4.68. The molecule has 0 atom stereocenters. The van der Waals surface area contributed by atoms with Gasteiger partial charge in [-0.05, 0) is 24.3 Å². The molecule has 0 aliphatic carbocycles. The van der Waals surface area contributed by atoms with Crippen LogP contribution in [0.4, 0.5) is 10.2 Å². The lowest BCUT2D eigenvalue weighted by Gasteiger charge is -2.07. The van der Waals surface area contributed by atoms with Gasteiger partial charge in [-0.25, -0.2) is 9.07 Å². The summed E-state index contributed by atoms with van der Waals surface area (Å²) < 4.78 is 16.3. The number of anilines is 1. The van der Waals surface area contributed by atoms with Crippen LogP contribution in [0, 0.1) is 5.82 Å². The number of halogens is 3. The third-order valence-corrected chi connectivity index (χ3v) is 3.86. The molecule has 0 radical (unpaired) electrons. The van der Waals surface area contributed by atoms with Gasteiger partial charge < -0.3 is 5.73 Å². The van der Waals surface area contributed by atoms with Gasteiger partial charge in [0.2, 0.25) is 0 Å². The van der Waals surface area contributed by atoms with E-state index in [9.17, 15) is 4.39 Å². The number of hydrogen-bond donors (Lipinski definition) is 1. The molecule has 0 fully saturated rings. The zero-order valence-electron chi connectivity index (χ0n) is 10.7. The molecular formula is C15H10BrClFN3. The van der Waals surface area contributed by atoms with E-state index in [-0.39, 0.29) is 10.7 Å². The van der Waals surface area contributed by atoms with Crippen LogP contribution in [-0.4, -0.2) is 9.78 Å². The Balaban J connectivity index is 2.12. The van der Waals surface area contributed by atoms with Crippen molar-refractivity contribution in [3.05, 3.63) is 63.8 Å². The minimum absolute atomic E-state index is 0.153. The van der Waals surface area contributed by atoms with E-state index in [2.05, 4.69) is 21.0 Å². The Kier molecular flexibility index (Phi) is 3.69. The van der Waals surface area contributed by atoms with Gasteiger partial charge in [0.15, 0.2) is 0 Å². The van der Waals surface area contributed by atoms with E-state index in [4.69, 9.17) is 17.3 Å². The number of nitrogens with two attached hydrogens (primary N) is 1. The summed E-state index contributed by atoms with van der Waals surface area (Å²) >= 11 is 9.43. The molecule has 0 unspecified atom stereocenters. The van der Waals surface area contributed by atoms with Gasteiger partial charge in [0.1, 0.15) is 17.3 Å². The highest BCUT2D eigenvalue weighted by Gasteiger charge is 2.15. The molecule has 0 saturated heterocycles. The van der Waals surface area contributed by atoms with Gasteiger partial charge in [-0.2, -0.15) is 5.10 Å². The molecular weight excluding hydrogens is 357 g/mol. The molecule has 0 saturated carbocycles. The maximum Gasteiger partial charge on any atom is 0.150 e. The summed E-state index contributed by atoms with van der Waals surface area (Å²) in [5, 5.41) is 4.61. The number of rotatable bonds is 2. The first-order chi connectivity index (χ1) is 10.1. The molecule has 3 aromatic rings. The third-order valence-electron chi connectivity index (χ3n) is 3.03. The first kappa shape index (κ1) is 14.1. The maximum absolute atomic E-state index is 14.0. The van der Waals surface area contributed by atoms with E-state index in [0.29, 0.717) is 11.5 Å². The standard InChI is InChI=1S/C15H10BrClFN3/c16-10-6-4-9(5-7-10)13-8-14(19)21(20-13)15-11(17)2-1-3-12(15)18/h1-8H,19H2. The van der Waals surface area contributed by atoms with Crippen molar-refractivity contribution in [3.8, 4) is 16.9 Å². The fraction of sp³-hybridized carbons (Fsp3) is 0. The van der Waals surface area contributed by atoms with E-state index in [1.54, 1.807) is 12.1 Å². The van der Waals surface area contributed by atoms with E-state index in [1.807, 2.05) is 24.3 Å². The molecule has 2 aromatic carbocycles. The second-order valence-electron chi connectivity index (χ2n) is 4.44. The normalized spacial score (nSPS) is 10.8. The van der Waals surface area contributed by atoms with E-state index >= 15 is 0 Å². The van der Waals surface area contributed by atoms with Crippen LogP contribution in [0.25, 0.3) is 16.9 Å². The van der Waals surface area contributed by atoms with Gasteiger partial charge >= 0.3 is 0 Å². The molecule has 106 valence electrons. The van der Waals surface area contributed by atoms with Gasteiger partial charge in [0.25, 0.3) is 0 Å². The molecule has 0 aliphatic heterocycles. The molecule has 3 nitrogen and oxygen atoms in total. The summed E-state index contributed by atoms with van der Waals surface area (Å²) in [6.07, 6.45) is 0. The molecule has 0 bridgehead atoms. The fourth-order valence-electron chi connectivity index (χ4n) is 2.03. The lowest BCUT2D eigenvalue weighted by Crippen LogP contribution is -2.04. The van der Waals surface area contributed by atoms with Crippen molar-refractivity contribution < 1.29 is 4.39 Å². The maximum atomic E-state index is 14.0. The van der Waals surface area contributed by atoms with Gasteiger partial charge in [-0.15, -0.1) is 0 Å². The van der Waals surface area contributed by atoms with E-state index in [1.165, 1.54) is 16.8 Å². The summed E-state index contributed by atoms with van der Waals surface area (Å²) in [5.41, 5.74) is 7.63. The molecule has 0 amide bonds. The van der Waals surface area contributed by atoms with Gasteiger partial charge in [0.05, 0.1) is 10.7 Å². The van der Waals surface area contributed by atoms with Crippen molar-refractivity contribution in [2.75, 3.05) is 5.73 Å². The number of nitrogen functional groups attached to an aromatic ring is 1. The van der Waals surface area contributed by atoms with Crippen molar-refractivity contribution in [1.29, 1.82) is 0 Å². The van der Waals surface area contributed by atoms with Crippen molar-refractivity contribution in [3.63, 3.8) is 0 Å². The topological polar surface area (TPSA) is 43.8 Å². The van der Waals surface area contributed by atoms with Crippen molar-refractivity contribution in [2.24, 2.45) is 0 Å². The fourth-order valence-corrected chi connectivity index (χ4v) is 2.54. The van der Waals surface area contributed by atoms with Crippen molar-refractivity contribution in [1.82, 2.24) is 9.78 Å². The van der Waals surface area contributed by atoms with Crippen molar-refractivity contribution in [2.45, 2.75) is 0 Å². The predicted molar refractivity (Wildman–Crippen MR) is 86.1 cm³/mol. The van der Waals surface area contributed by atoms with Crippen LogP contribution in [0.15, 0.2) is 53.0 Å². The highest BCUT2D eigenvalue weighted by Crippen LogP contribution is 2.29. The Labute approximate surface area is 134 Å². The SMILES string of the molecule is Nc1cc(-c2ccc(Br)cc2)nn1-c1c(F)cccc1Cl. The summed E-state index contributed by atoms with van der Waals surface area (Å²) in [6.45, 7) is 0. The minimum atomic E-state index is -0.473. The van der Waals surface area contributed by atoms with Crippen LogP contribution >= 0.6 is 27.5 Å². The Morgan fingerprint density at radius 2 is 1.86 bits per heavy atom. The number of aromatic nitrogens is 2. The van der Waals surface area contributed by atoms with Crippen LogP contribution < -0.4 is 5.73 Å². The Hall–Kier alpha value is -1.85. The summed E-state index contributed by atoms with van der Waals surface area (Å²) in [4.78, 5) is 0. The molecule has 1 heterocycles. The first-order valence-electron chi connectivity index (χ1n) is 6.12. The highest BCUT2D eigenvalue weighted by molar-refractivity contribution is 9.10. The van der Waals surface area contributed by atoms with Gasteiger partial charge in [-0.1, -0.05) is 45.7 Å². The zero-order chi connectivity index (χ0) is 15.0. The first-order valence-corrected chi connectivity index (χ1v) is 7.29. The van der Waals surface area contributed by atoms with Crippen LogP contribution in [0.3, 0.4) is 0 Å². The second-order valence-corrected chi connectivity index (χ2v) is 5.77. The number of benzene rings is 2. The Morgan fingerprint density at radius 1 is 1.14 bits per heavy atom.